The first-order valence-corrected chi connectivity index (χ1v) is 11.5. The lowest BCUT2D eigenvalue weighted by atomic mass is 10.1. The van der Waals surface area contributed by atoms with Crippen molar-refractivity contribution in [3.63, 3.8) is 0 Å². The summed E-state index contributed by atoms with van der Waals surface area (Å²) in [6, 6.07) is 1.42. The zero-order valence-corrected chi connectivity index (χ0v) is 17.9. The lowest BCUT2D eigenvalue weighted by Crippen LogP contribution is -2.47. The highest BCUT2D eigenvalue weighted by atomic mass is 19.1. The Bertz CT molecular complexity index is 1270. The van der Waals surface area contributed by atoms with E-state index in [1.165, 1.54) is 12.3 Å². The van der Waals surface area contributed by atoms with E-state index in [-0.39, 0.29) is 30.7 Å². The predicted molar refractivity (Wildman–Crippen MR) is 115 cm³/mol. The summed E-state index contributed by atoms with van der Waals surface area (Å²) in [4.78, 5) is 24.5. The summed E-state index contributed by atoms with van der Waals surface area (Å²) < 4.78 is 28.2. The number of pyridine rings is 1. The Hall–Kier alpha value is -3.43. The van der Waals surface area contributed by atoms with Crippen LogP contribution in [0.5, 0.6) is 11.6 Å². The van der Waals surface area contributed by atoms with Gasteiger partial charge in [-0.1, -0.05) is 0 Å². The van der Waals surface area contributed by atoms with Crippen LogP contribution in [0.1, 0.15) is 48.0 Å². The first-order valence-electron chi connectivity index (χ1n) is 11.5. The van der Waals surface area contributed by atoms with Crippen molar-refractivity contribution >= 4 is 17.4 Å². The van der Waals surface area contributed by atoms with Gasteiger partial charge in [0.1, 0.15) is 24.1 Å². The third-order valence-corrected chi connectivity index (χ3v) is 7.19. The normalized spacial score (nSPS) is 26.4. The van der Waals surface area contributed by atoms with E-state index in [0.717, 1.165) is 32.1 Å². The number of nitrogens with zero attached hydrogens (tertiary/aromatic N) is 5. The van der Waals surface area contributed by atoms with Crippen molar-refractivity contribution in [2.24, 2.45) is 5.92 Å². The molecule has 3 aromatic heterocycles. The summed E-state index contributed by atoms with van der Waals surface area (Å²) in [5, 5.41) is 7.46. The minimum atomic E-state index is -0.411. The summed E-state index contributed by atoms with van der Waals surface area (Å²) in [7, 11) is 0. The molecule has 2 saturated carbocycles. The number of hydrogen-bond acceptors (Lipinski definition) is 7. The molecule has 2 aliphatic carbocycles. The molecule has 3 atom stereocenters. The number of carbonyl (C=O) groups is 1. The maximum atomic E-state index is 14.2. The number of amides is 1. The standard InChI is InChI=1S/C23H23FN6O3/c24-14-6-13-9-29-17-2-1-3-18(17)33-19-10-30-20(28-21(19)29)15(8-26-30)22(31)27-16(12-4-5-12)11-32-23(13)25-7-14/h6-8,10,12,16-18H,1-5,9,11H2,(H,27,31)/t16-,17+,18-/m0/s1. The zero-order valence-electron chi connectivity index (χ0n) is 17.9. The van der Waals surface area contributed by atoms with Crippen LogP contribution in [0.3, 0.4) is 0 Å². The van der Waals surface area contributed by atoms with E-state index in [0.29, 0.717) is 46.7 Å². The number of carbonyl (C=O) groups excluding carboxylic acids is 1. The van der Waals surface area contributed by atoms with E-state index >= 15 is 0 Å². The monoisotopic (exact) mass is 450 g/mol. The predicted octanol–water partition coefficient (Wildman–Crippen LogP) is 2.48. The minimum absolute atomic E-state index is 0.0240. The third-order valence-electron chi connectivity index (χ3n) is 7.19. The molecule has 1 amide bonds. The number of nitrogens with one attached hydrogen (secondary N) is 1. The Morgan fingerprint density at radius 3 is 2.97 bits per heavy atom. The fraction of sp³-hybridized carbons (Fsp3) is 0.478. The van der Waals surface area contributed by atoms with Gasteiger partial charge in [0.2, 0.25) is 5.88 Å². The maximum absolute atomic E-state index is 14.2. The van der Waals surface area contributed by atoms with Gasteiger partial charge >= 0.3 is 0 Å². The molecular weight excluding hydrogens is 427 g/mol. The van der Waals surface area contributed by atoms with E-state index in [1.807, 2.05) is 0 Å². The highest BCUT2D eigenvalue weighted by molar-refractivity contribution is 6.00. The van der Waals surface area contributed by atoms with Gasteiger partial charge in [0, 0.05) is 5.56 Å². The van der Waals surface area contributed by atoms with Crippen LogP contribution in [0.15, 0.2) is 24.7 Å². The van der Waals surface area contributed by atoms with Gasteiger partial charge in [-0.25, -0.2) is 18.9 Å². The second-order valence-corrected chi connectivity index (χ2v) is 9.38. The Balaban J connectivity index is 1.41. The Kier molecular flexibility index (Phi) is 4.07. The molecule has 9 nitrogen and oxygen atoms in total. The van der Waals surface area contributed by atoms with Crippen molar-refractivity contribution in [2.75, 3.05) is 11.5 Å². The fourth-order valence-electron chi connectivity index (χ4n) is 5.35. The summed E-state index contributed by atoms with van der Waals surface area (Å²) in [5.74, 6) is 1.35. The average molecular weight is 450 g/mol. The molecule has 2 fully saturated rings. The van der Waals surface area contributed by atoms with Crippen LogP contribution in [-0.2, 0) is 6.54 Å². The van der Waals surface area contributed by atoms with Crippen molar-refractivity contribution < 1.29 is 18.7 Å². The number of anilines is 1. The number of aromatic nitrogens is 4. The van der Waals surface area contributed by atoms with Gasteiger partial charge in [0.25, 0.3) is 5.91 Å². The lowest BCUT2D eigenvalue weighted by molar-refractivity contribution is 0.0914. The molecule has 0 radical (unpaired) electrons. The zero-order chi connectivity index (χ0) is 22.1. The van der Waals surface area contributed by atoms with Gasteiger partial charge in [-0.2, -0.15) is 5.10 Å². The molecule has 0 spiro atoms. The summed E-state index contributed by atoms with van der Waals surface area (Å²) in [6.07, 6.45) is 9.53. The summed E-state index contributed by atoms with van der Waals surface area (Å²) in [5.41, 5.74) is 1.55. The van der Waals surface area contributed by atoms with Crippen LogP contribution >= 0.6 is 0 Å². The molecule has 5 heterocycles. The Morgan fingerprint density at radius 2 is 2.09 bits per heavy atom. The van der Waals surface area contributed by atoms with Crippen LogP contribution in [0, 0.1) is 11.7 Å². The Morgan fingerprint density at radius 1 is 1.18 bits per heavy atom. The molecule has 170 valence electrons. The van der Waals surface area contributed by atoms with E-state index in [9.17, 15) is 9.18 Å². The molecular formula is C23H23FN6O3. The van der Waals surface area contributed by atoms with Crippen LogP contribution in [0.25, 0.3) is 5.65 Å². The number of hydrogen-bond donors (Lipinski definition) is 1. The highest BCUT2D eigenvalue weighted by Gasteiger charge is 2.41. The van der Waals surface area contributed by atoms with E-state index < -0.39 is 5.82 Å². The van der Waals surface area contributed by atoms with Gasteiger partial charge < -0.3 is 19.7 Å². The van der Waals surface area contributed by atoms with Gasteiger partial charge in [-0.3, -0.25) is 4.79 Å². The summed E-state index contributed by atoms with van der Waals surface area (Å²) in [6.45, 7) is 0.664. The van der Waals surface area contributed by atoms with Crippen molar-refractivity contribution in [1.29, 1.82) is 0 Å². The van der Waals surface area contributed by atoms with Gasteiger partial charge in [0.15, 0.2) is 17.2 Å². The van der Waals surface area contributed by atoms with Gasteiger partial charge in [0.05, 0.1) is 37.2 Å². The first-order chi connectivity index (χ1) is 16.1. The maximum Gasteiger partial charge on any atom is 0.257 e. The largest absolute Gasteiger partial charge is 0.483 e. The molecule has 10 heteroatoms. The van der Waals surface area contributed by atoms with E-state index in [4.69, 9.17) is 14.5 Å². The topological polar surface area (TPSA) is 93.9 Å². The second-order valence-electron chi connectivity index (χ2n) is 9.38. The van der Waals surface area contributed by atoms with E-state index in [1.54, 1.807) is 16.9 Å². The molecule has 2 bridgehead atoms. The van der Waals surface area contributed by atoms with Crippen molar-refractivity contribution in [2.45, 2.75) is 56.8 Å². The molecule has 2 aliphatic heterocycles. The SMILES string of the molecule is O=C1N[C@H](C2CC2)COc2ncc(F)cc2CN2c3nc4c1cnn4cc3O[C@H]1CCC[C@H]12. The molecule has 0 unspecified atom stereocenters. The second kappa shape index (κ2) is 7.03. The number of halogens is 1. The minimum Gasteiger partial charge on any atom is -0.483 e. The quantitative estimate of drug-likeness (QED) is 0.609. The number of rotatable bonds is 1. The van der Waals surface area contributed by atoms with E-state index in [2.05, 4.69) is 20.3 Å². The highest BCUT2D eigenvalue weighted by Crippen LogP contribution is 2.42. The third kappa shape index (κ3) is 3.11. The van der Waals surface area contributed by atoms with Gasteiger partial charge in [-0.05, 0) is 44.1 Å². The molecule has 3 aromatic rings. The number of ether oxygens (including phenoxy) is 2. The molecule has 33 heavy (non-hydrogen) atoms. The Labute approximate surface area is 188 Å². The first kappa shape index (κ1) is 19.1. The van der Waals surface area contributed by atoms with Crippen LogP contribution < -0.4 is 19.7 Å². The molecule has 7 rings (SSSR count). The molecule has 0 aromatic carbocycles. The van der Waals surface area contributed by atoms with Crippen LogP contribution in [0.4, 0.5) is 10.2 Å². The average Bonchev–Trinajstić information content (AvgIpc) is 3.40. The number of fused-ring (bicyclic) bond motifs is 3. The van der Waals surface area contributed by atoms with Crippen LogP contribution in [-0.4, -0.2) is 50.3 Å². The summed E-state index contributed by atoms with van der Waals surface area (Å²) >= 11 is 0. The molecule has 4 aliphatic rings. The molecule has 1 N–H and O–H groups in total. The smallest absolute Gasteiger partial charge is 0.257 e. The van der Waals surface area contributed by atoms with Crippen molar-refractivity contribution in [1.82, 2.24) is 24.9 Å². The fourth-order valence-corrected chi connectivity index (χ4v) is 5.35. The van der Waals surface area contributed by atoms with Crippen LogP contribution in [0.2, 0.25) is 0 Å². The van der Waals surface area contributed by atoms with Crippen molar-refractivity contribution in [3.8, 4) is 11.6 Å². The van der Waals surface area contributed by atoms with Crippen molar-refractivity contribution in [3.05, 3.63) is 41.6 Å². The lowest BCUT2D eigenvalue weighted by Gasteiger charge is -2.39. The van der Waals surface area contributed by atoms with Gasteiger partial charge in [-0.15, -0.1) is 0 Å². The molecule has 0 saturated heterocycles.